The monoisotopic (exact) mass is 592 g/mol. The minimum Gasteiger partial charge on any atom is -0.381 e. The van der Waals surface area contributed by atoms with Crippen LogP contribution in [0.1, 0.15) is 31.6 Å². The Bertz CT molecular complexity index is 1660. The van der Waals surface area contributed by atoms with Crippen LogP contribution in [0.2, 0.25) is 5.02 Å². The molecule has 13 heteroatoms. The van der Waals surface area contributed by atoms with Gasteiger partial charge in [-0.25, -0.2) is 4.98 Å². The van der Waals surface area contributed by atoms with Crippen LogP contribution in [0.15, 0.2) is 39.8 Å². The lowest BCUT2D eigenvalue weighted by Gasteiger charge is -2.31. The maximum Gasteiger partial charge on any atom is 0.260 e. The molecule has 12 nitrogen and oxygen atoms in total. The van der Waals surface area contributed by atoms with Gasteiger partial charge in [-0.15, -0.1) is 0 Å². The lowest BCUT2D eigenvalue weighted by Crippen LogP contribution is -2.43. The maximum atomic E-state index is 14.1. The third kappa shape index (κ3) is 5.87. The Kier molecular flexibility index (Phi) is 8.18. The van der Waals surface area contributed by atoms with Crippen LogP contribution < -0.4 is 16.6 Å². The van der Waals surface area contributed by atoms with Crippen molar-refractivity contribution in [2.75, 3.05) is 38.2 Å². The Morgan fingerprint density at radius 2 is 1.90 bits per heavy atom. The van der Waals surface area contributed by atoms with Crippen molar-refractivity contribution in [2.24, 2.45) is 11.7 Å². The first-order valence-corrected chi connectivity index (χ1v) is 14.6. The summed E-state index contributed by atoms with van der Waals surface area (Å²) >= 11 is 6.71. The lowest BCUT2D eigenvalue weighted by molar-refractivity contribution is -0.133. The van der Waals surface area contributed by atoms with Crippen LogP contribution in [-0.2, 0) is 16.1 Å². The molecule has 0 unspecified atom stereocenters. The summed E-state index contributed by atoms with van der Waals surface area (Å²) in [5.74, 6) is 1.51. The molecule has 1 amide bonds. The molecule has 5 heterocycles. The summed E-state index contributed by atoms with van der Waals surface area (Å²) in [6, 6.07) is 7.12. The molecule has 3 N–H and O–H groups in total. The van der Waals surface area contributed by atoms with Crippen molar-refractivity contribution in [3.05, 3.63) is 51.7 Å². The number of pyridine rings is 1. The summed E-state index contributed by atoms with van der Waals surface area (Å²) in [5, 5.41) is 8.27. The number of nitrogens with two attached hydrogens (primary N) is 1. The van der Waals surface area contributed by atoms with Crippen LogP contribution in [0.3, 0.4) is 0 Å². The number of fused-ring (bicyclic) bond motifs is 1. The molecule has 0 radical (unpaired) electrons. The van der Waals surface area contributed by atoms with Crippen LogP contribution >= 0.6 is 11.6 Å². The number of rotatable bonds is 7. The molecule has 0 bridgehead atoms. The summed E-state index contributed by atoms with van der Waals surface area (Å²) in [4.78, 5) is 42.9. The van der Waals surface area contributed by atoms with E-state index in [4.69, 9.17) is 31.6 Å². The standard InChI is InChI=1S/C29H33ClN8O4/c1-17-33-26(36-42-17)19-2-3-22(24(30)13-19)23-12-20-15-32-29(34-21-6-10-41-11-7-21)35-27(20)38(28(23)40)16-25(39)37-8-4-18(14-31)5-9-37/h2-3,12-13,15,18,21H,4-11,14,16,31H2,1H3,(H,32,34,35). The highest BCUT2D eigenvalue weighted by Gasteiger charge is 2.25. The predicted octanol–water partition coefficient (Wildman–Crippen LogP) is 3.26. The fourth-order valence-electron chi connectivity index (χ4n) is 5.54. The minimum atomic E-state index is -0.367. The van der Waals surface area contributed by atoms with E-state index in [-0.39, 0.29) is 24.1 Å². The van der Waals surface area contributed by atoms with Crippen molar-refractivity contribution in [3.63, 3.8) is 0 Å². The van der Waals surface area contributed by atoms with E-state index in [0.29, 0.717) is 89.2 Å². The number of ether oxygens (including phenoxy) is 1. The third-order valence-corrected chi connectivity index (χ3v) is 8.33. The number of halogens is 1. The molecule has 0 aliphatic carbocycles. The number of anilines is 1. The molecule has 2 saturated heterocycles. The van der Waals surface area contributed by atoms with E-state index < -0.39 is 0 Å². The molecular weight excluding hydrogens is 560 g/mol. The van der Waals surface area contributed by atoms with Crippen LogP contribution in [-0.4, -0.2) is 74.4 Å². The first-order valence-electron chi connectivity index (χ1n) is 14.2. The molecule has 2 aliphatic rings. The van der Waals surface area contributed by atoms with Crippen LogP contribution in [0.4, 0.5) is 5.95 Å². The Morgan fingerprint density at radius 1 is 1.12 bits per heavy atom. The second-order valence-corrected chi connectivity index (χ2v) is 11.3. The van der Waals surface area contributed by atoms with Crippen molar-refractivity contribution in [2.45, 2.75) is 45.2 Å². The molecule has 1 aromatic carbocycles. The van der Waals surface area contributed by atoms with Gasteiger partial charge in [0.15, 0.2) is 0 Å². The minimum absolute atomic E-state index is 0.141. The molecule has 6 rings (SSSR count). The smallest absolute Gasteiger partial charge is 0.260 e. The first kappa shape index (κ1) is 28.3. The molecule has 0 spiro atoms. The van der Waals surface area contributed by atoms with Crippen LogP contribution in [0.25, 0.3) is 33.5 Å². The summed E-state index contributed by atoms with van der Waals surface area (Å²) in [7, 11) is 0. The van der Waals surface area contributed by atoms with Crippen LogP contribution in [0.5, 0.6) is 0 Å². The van der Waals surface area contributed by atoms with Crippen LogP contribution in [0, 0.1) is 12.8 Å². The average molecular weight is 593 g/mol. The van der Waals surface area contributed by atoms with Crippen molar-refractivity contribution in [1.29, 1.82) is 0 Å². The summed E-state index contributed by atoms with van der Waals surface area (Å²) < 4.78 is 12.0. The number of hydrogen-bond donors (Lipinski definition) is 2. The number of carbonyl (C=O) groups excluding carboxylic acids is 1. The zero-order chi connectivity index (χ0) is 29.2. The second-order valence-electron chi connectivity index (χ2n) is 10.8. The Balaban J connectivity index is 1.39. The Hall–Kier alpha value is -3.87. The fourth-order valence-corrected chi connectivity index (χ4v) is 5.82. The molecule has 0 atom stereocenters. The SMILES string of the molecule is Cc1nc(-c2ccc(-c3cc4cnc(NC5CCOCC5)nc4n(CC(=O)N4CCC(CN)CC4)c3=O)c(Cl)c2)no1. The number of benzene rings is 1. The number of carbonyl (C=O) groups is 1. The summed E-state index contributed by atoms with van der Waals surface area (Å²) in [6.07, 6.45) is 5.04. The summed E-state index contributed by atoms with van der Waals surface area (Å²) in [6.45, 7) is 4.73. The largest absolute Gasteiger partial charge is 0.381 e. The number of aryl methyl sites for hydroxylation is 1. The number of aromatic nitrogens is 5. The van der Waals surface area contributed by atoms with E-state index in [2.05, 4.69) is 20.4 Å². The van der Waals surface area contributed by atoms with Gasteiger partial charge in [0.1, 0.15) is 12.2 Å². The normalized spacial score (nSPS) is 16.7. The van der Waals surface area contributed by atoms with Gasteiger partial charge in [-0.1, -0.05) is 28.9 Å². The van der Waals surface area contributed by atoms with Gasteiger partial charge in [0.2, 0.25) is 23.6 Å². The van der Waals surface area contributed by atoms with E-state index in [1.807, 2.05) is 0 Å². The van der Waals surface area contributed by atoms with Gasteiger partial charge in [0, 0.05) is 72.6 Å². The number of nitrogens with one attached hydrogen (secondary N) is 1. The molecule has 4 aromatic rings. The Morgan fingerprint density at radius 3 is 2.60 bits per heavy atom. The van der Waals surface area contributed by atoms with Crippen molar-refractivity contribution < 1.29 is 14.1 Å². The summed E-state index contributed by atoms with van der Waals surface area (Å²) in [5.41, 5.74) is 7.37. The van der Waals surface area contributed by atoms with Gasteiger partial charge >= 0.3 is 0 Å². The highest BCUT2D eigenvalue weighted by molar-refractivity contribution is 6.33. The number of piperidine rings is 1. The molecule has 2 fully saturated rings. The second kappa shape index (κ2) is 12.2. The third-order valence-electron chi connectivity index (χ3n) is 8.02. The lowest BCUT2D eigenvalue weighted by atomic mass is 9.97. The van der Waals surface area contributed by atoms with E-state index in [1.54, 1.807) is 42.3 Å². The molecule has 3 aromatic heterocycles. The number of nitrogens with zero attached hydrogens (tertiary/aromatic N) is 6. The molecular formula is C29H33ClN8O4. The maximum absolute atomic E-state index is 14.1. The zero-order valence-electron chi connectivity index (χ0n) is 23.4. The van der Waals surface area contributed by atoms with Crippen molar-refractivity contribution in [3.8, 4) is 22.5 Å². The quantitative estimate of drug-likeness (QED) is 0.327. The van der Waals surface area contributed by atoms with Gasteiger partial charge < -0.3 is 25.2 Å². The highest BCUT2D eigenvalue weighted by atomic mass is 35.5. The van der Waals surface area contributed by atoms with E-state index >= 15 is 0 Å². The number of likely N-dealkylation sites (tertiary alicyclic amines) is 1. The van der Waals surface area contributed by atoms with Crippen molar-refractivity contribution >= 4 is 34.5 Å². The molecule has 42 heavy (non-hydrogen) atoms. The van der Waals surface area contributed by atoms with Crippen molar-refractivity contribution in [1.82, 2.24) is 29.6 Å². The van der Waals surface area contributed by atoms with E-state index in [0.717, 1.165) is 25.7 Å². The number of hydrogen-bond acceptors (Lipinski definition) is 10. The first-order chi connectivity index (χ1) is 20.4. The zero-order valence-corrected chi connectivity index (χ0v) is 24.1. The van der Waals surface area contributed by atoms with Gasteiger partial charge in [-0.3, -0.25) is 14.2 Å². The van der Waals surface area contributed by atoms with Gasteiger partial charge in [0.25, 0.3) is 5.56 Å². The number of amides is 1. The van der Waals surface area contributed by atoms with Gasteiger partial charge in [0.05, 0.1) is 0 Å². The van der Waals surface area contributed by atoms with E-state index in [1.165, 1.54) is 4.57 Å². The van der Waals surface area contributed by atoms with Gasteiger partial charge in [-0.05, 0) is 50.3 Å². The van der Waals surface area contributed by atoms with E-state index in [9.17, 15) is 9.59 Å². The topological polar surface area (TPSA) is 154 Å². The molecule has 2 aliphatic heterocycles. The molecule has 220 valence electrons. The predicted molar refractivity (Wildman–Crippen MR) is 158 cm³/mol. The fraction of sp³-hybridized carbons (Fsp3) is 0.448. The van der Waals surface area contributed by atoms with Gasteiger partial charge in [-0.2, -0.15) is 9.97 Å². The average Bonchev–Trinajstić information content (AvgIpc) is 3.45. The molecule has 0 saturated carbocycles. The Labute approximate surface area is 247 Å². The highest BCUT2D eigenvalue weighted by Crippen LogP contribution is 2.31.